The van der Waals surface area contributed by atoms with Gasteiger partial charge in [-0.05, 0) is 36.4 Å². The number of methoxy groups -OCH3 is 2. The van der Waals surface area contributed by atoms with Gasteiger partial charge in [0.2, 0.25) is 21.8 Å². The van der Waals surface area contributed by atoms with Gasteiger partial charge in [-0.15, -0.1) is 0 Å². The largest absolute Gasteiger partial charge is 0.497 e. The summed E-state index contributed by atoms with van der Waals surface area (Å²) >= 11 is 0. The zero-order valence-electron chi connectivity index (χ0n) is 16.6. The monoisotopic (exact) mass is 421 g/mol. The maximum atomic E-state index is 12.8. The molecule has 0 saturated heterocycles. The Morgan fingerprint density at radius 2 is 1.66 bits per heavy atom. The fourth-order valence-corrected chi connectivity index (χ4v) is 3.61. The molecule has 2 rings (SSSR count). The second-order valence-corrected chi connectivity index (χ2v) is 8.13. The van der Waals surface area contributed by atoms with Crippen LogP contribution in [0, 0.1) is 0 Å². The van der Waals surface area contributed by atoms with Crippen LogP contribution in [0.4, 0.5) is 11.4 Å². The molecule has 0 fully saturated rings. The van der Waals surface area contributed by atoms with Crippen LogP contribution in [-0.4, -0.2) is 52.3 Å². The number of nitrogens with zero attached hydrogens (tertiary/aromatic N) is 1. The standard InChI is InChI=1S/C19H23N3O6S/c1-13(23)20-17-10-9-16(11-18(17)28-4)29(25,26)22(2)12-19(24)21-14-5-7-15(27-3)8-6-14/h5-11H,12H2,1-4H3,(H,20,23)(H,21,24). The van der Waals surface area contributed by atoms with E-state index in [-0.39, 0.29) is 23.1 Å². The van der Waals surface area contributed by atoms with Crippen LogP contribution in [0.5, 0.6) is 11.5 Å². The van der Waals surface area contributed by atoms with Crippen molar-refractivity contribution in [2.24, 2.45) is 0 Å². The van der Waals surface area contributed by atoms with E-state index in [1.54, 1.807) is 24.3 Å². The summed E-state index contributed by atoms with van der Waals surface area (Å²) < 4.78 is 36.7. The van der Waals surface area contributed by atoms with Crippen LogP contribution in [0.15, 0.2) is 47.4 Å². The van der Waals surface area contributed by atoms with Crippen LogP contribution in [0.2, 0.25) is 0 Å². The Morgan fingerprint density at radius 3 is 2.21 bits per heavy atom. The van der Waals surface area contributed by atoms with Crippen molar-refractivity contribution < 1.29 is 27.5 Å². The molecule has 0 aliphatic carbocycles. The van der Waals surface area contributed by atoms with E-state index in [1.165, 1.54) is 46.4 Å². The molecule has 0 aromatic heterocycles. The smallest absolute Gasteiger partial charge is 0.243 e. The van der Waals surface area contributed by atoms with Crippen LogP contribution in [0.25, 0.3) is 0 Å². The molecule has 2 N–H and O–H groups in total. The minimum absolute atomic E-state index is 0.0665. The first-order valence-electron chi connectivity index (χ1n) is 8.53. The van der Waals surface area contributed by atoms with Gasteiger partial charge in [0.1, 0.15) is 11.5 Å². The first-order chi connectivity index (χ1) is 13.7. The van der Waals surface area contributed by atoms with Crippen molar-refractivity contribution in [1.29, 1.82) is 0 Å². The number of benzene rings is 2. The second kappa shape index (κ2) is 9.39. The number of carbonyl (C=O) groups excluding carboxylic acids is 2. The number of carbonyl (C=O) groups is 2. The van der Waals surface area contributed by atoms with Crippen molar-refractivity contribution in [2.45, 2.75) is 11.8 Å². The fraction of sp³-hybridized carbons (Fsp3) is 0.263. The number of hydrogen-bond acceptors (Lipinski definition) is 6. The third kappa shape index (κ3) is 5.69. The van der Waals surface area contributed by atoms with Crippen LogP contribution in [0.1, 0.15) is 6.92 Å². The van der Waals surface area contributed by atoms with Gasteiger partial charge in [-0.2, -0.15) is 4.31 Å². The summed E-state index contributed by atoms with van der Waals surface area (Å²) in [6.45, 7) is 0.948. The second-order valence-electron chi connectivity index (χ2n) is 6.08. The zero-order chi connectivity index (χ0) is 21.6. The number of amides is 2. The van der Waals surface area contributed by atoms with Crippen LogP contribution >= 0.6 is 0 Å². The highest BCUT2D eigenvalue weighted by Gasteiger charge is 2.24. The van der Waals surface area contributed by atoms with E-state index in [1.807, 2.05) is 0 Å². The zero-order valence-corrected chi connectivity index (χ0v) is 17.4. The Balaban J connectivity index is 2.13. The Morgan fingerprint density at radius 1 is 1.00 bits per heavy atom. The number of rotatable bonds is 8. The molecule has 2 aromatic rings. The minimum atomic E-state index is -3.96. The summed E-state index contributed by atoms with van der Waals surface area (Å²) in [5.41, 5.74) is 0.863. The predicted octanol–water partition coefficient (Wildman–Crippen LogP) is 1.92. The van der Waals surface area contributed by atoms with Gasteiger partial charge in [-0.25, -0.2) is 8.42 Å². The highest BCUT2D eigenvalue weighted by molar-refractivity contribution is 7.89. The lowest BCUT2D eigenvalue weighted by Gasteiger charge is -2.18. The topological polar surface area (TPSA) is 114 Å². The van der Waals surface area contributed by atoms with Crippen molar-refractivity contribution in [3.8, 4) is 11.5 Å². The van der Waals surface area contributed by atoms with Gasteiger partial charge in [0, 0.05) is 25.7 Å². The lowest BCUT2D eigenvalue weighted by Crippen LogP contribution is -2.35. The SMILES string of the molecule is COc1ccc(NC(=O)CN(C)S(=O)(=O)c2ccc(NC(C)=O)c(OC)c2)cc1. The lowest BCUT2D eigenvalue weighted by atomic mass is 10.3. The van der Waals surface area contributed by atoms with E-state index < -0.39 is 15.9 Å². The van der Waals surface area contributed by atoms with E-state index in [0.717, 1.165) is 4.31 Å². The Bertz CT molecular complexity index is 990. The number of anilines is 2. The number of ether oxygens (including phenoxy) is 2. The Kier molecular flexibility index (Phi) is 7.18. The molecule has 0 saturated carbocycles. The molecule has 0 bridgehead atoms. The molecule has 2 aromatic carbocycles. The molecule has 0 aliphatic heterocycles. The molecule has 0 radical (unpaired) electrons. The first-order valence-corrected chi connectivity index (χ1v) is 9.97. The third-order valence-corrected chi connectivity index (χ3v) is 5.73. The molecular weight excluding hydrogens is 398 g/mol. The third-order valence-electron chi connectivity index (χ3n) is 3.93. The Labute approximate surface area is 169 Å². The van der Waals surface area contributed by atoms with E-state index in [0.29, 0.717) is 17.1 Å². The van der Waals surface area contributed by atoms with Crippen LogP contribution in [-0.2, 0) is 19.6 Å². The van der Waals surface area contributed by atoms with Crippen LogP contribution < -0.4 is 20.1 Å². The highest BCUT2D eigenvalue weighted by Crippen LogP contribution is 2.28. The average Bonchev–Trinajstić information content (AvgIpc) is 2.68. The van der Waals surface area contributed by atoms with Crippen molar-refractivity contribution >= 4 is 33.2 Å². The number of sulfonamides is 1. The molecule has 0 heterocycles. The first kappa shape index (κ1) is 22.2. The quantitative estimate of drug-likeness (QED) is 0.673. The molecule has 0 unspecified atom stereocenters. The van der Waals surface area contributed by atoms with Crippen molar-refractivity contribution in [3.63, 3.8) is 0 Å². The predicted molar refractivity (Wildman–Crippen MR) is 109 cm³/mol. The van der Waals surface area contributed by atoms with E-state index >= 15 is 0 Å². The summed E-state index contributed by atoms with van der Waals surface area (Å²) in [7, 11) is 0.245. The molecule has 10 heteroatoms. The van der Waals surface area contributed by atoms with Gasteiger partial charge in [0.15, 0.2) is 0 Å². The fourth-order valence-electron chi connectivity index (χ4n) is 2.47. The van der Waals surface area contributed by atoms with Crippen LogP contribution in [0.3, 0.4) is 0 Å². The lowest BCUT2D eigenvalue weighted by molar-refractivity contribution is -0.116. The molecule has 2 amide bonds. The number of likely N-dealkylation sites (N-methyl/N-ethyl adjacent to an activating group) is 1. The number of hydrogen-bond donors (Lipinski definition) is 2. The molecule has 0 aliphatic rings. The highest BCUT2D eigenvalue weighted by atomic mass is 32.2. The molecule has 9 nitrogen and oxygen atoms in total. The summed E-state index contributed by atoms with van der Waals surface area (Å²) in [5.74, 6) is 0.0195. The van der Waals surface area contributed by atoms with E-state index in [9.17, 15) is 18.0 Å². The average molecular weight is 421 g/mol. The molecule has 29 heavy (non-hydrogen) atoms. The summed E-state index contributed by atoms with van der Waals surface area (Å²) in [5, 5.41) is 5.18. The minimum Gasteiger partial charge on any atom is -0.497 e. The molecule has 156 valence electrons. The molecule has 0 atom stereocenters. The summed E-state index contributed by atoms with van der Waals surface area (Å²) in [6.07, 6.45) is 0. The van der Waals surface area contributed by atoms with Gasteiger partial charge < -0.3 is 20.1 Å². The van der Waals surface area contributed by atoms with Gasteiger partial charge in [0.25, 0.3) is 0 Å². The summed E-state index contributed by atoms with van der Waals surface area (Å²) in [4.78, 5) is 23.4. The molecule has 0 spiro atoms. The maximum absolute atomic E-state index is 12.8. The van der Waals surface area contributed by atoms with Gasteiger partial charge in [-0.1, -0.05) is 0 Å². The van der Waals surface area contributed by atoms with Gasteiger partial charge in [-0.3, -0.25) is 9.59 Å². The molecular formula is C19H23N3O6S. The van der Waals surface area contributed by atoms with E-state index in [2.05, 4.69) is 10.6 Å². The normalized spacial score (nSPS) is 11.1. The van der Waals surface area contributed by atoms with Crippen molar-refractivity contribution in [3.05, 3.63) is 42.5 Å². The number of nitrogens with one attached hydrogen (secondary N) is 2. The Hall–Kier alpha value is -3.11. The van der Waals surface area contributed by atoms with Crippen molar-refractivity contribution in [1.82, 2.24) is 4.31 Å². The maximum Gasteiger partial charge on any atom is 0.243 e. The van der Waals surface area contributed by atoms with Gasteiger partial charge >= 0.3 is 0 Å². The summed E-state index contributed by atoms with van der Waals surface area (Å²) in [6, 6.07) is 10.7. The van der Waals surface area contributed by atoms with Gasteiger partial charge in [0.05, 0.1) is 31.3 Å². The van der Waals surface area contributed by atoms with E-state index in [4.69, 9.17) is 9.47 Å². The van der Waals surface area contributed by atoms with Crippen molar-refractivity contribution in [2.75, 3.05) is 38.4 Å².